The van der Waals surface area contributed by atoms with Crippen LogP contribution in [0.1, 0.15) is 79.7 Å². The molecule has 0 saturated heterocycles. The van der Waals surface area contributed by atoms with E-state index < -0.39 is 87.9 Å². The number of anilines is 1. The lowest BCUT2D eigenvalue weighted by Crippen LogP contribution is -2.67. The predicted octanol–water partition coefficient (Wildman–Crippen LogP) is 6.02. The molecule has 1 heterocycles. The number of aryl methyl sites for hydroxylation is 1. The third-order valence-corrected chi connectivity index (χ3v) is 10.8. The second-order valence-electron chi connectivity index (χ2n) is 14.6. The Morgan fingerprint density at radius 2 is 1.56 bits per heavy atom. The van der Waals surface area contributed by atoms with E-state index in [1.165, 1.54) is 36.4 Å². The highest BCUT2D eigenvalue weighted by Crippen LogP contribution is 2.40. The second kappa shape index (κ2) is 17.1. The van der Waals surface area contributed by atoms with Crippen LogP contribution in [0.5, 0.6) is 5.75 Å². The molecular formula is C41H45F4N5O7. The number of hydrogen-bond donors (Lipinski definition) is 7. The van der Waals surface area contributed by atoms with Gasteiger partial charge in [-0.15, -0.1) is 0 Å². The number of aromatic hydroxyl groups is 1. The van der Waals surface area contributed by atoms with Crippen molar-refractivity contribution in [2.24, 2.45) is 11.8 Å². The lowest BCUT2D eigenvalue weighted by atomic mass is 9.78. The van der Waals surface area contributed by atoms with Crippen molar-refractivity contribution in [3.8, 4) is 5.75 Å². The molecule has 1 aromatic heterocycles. The first kappa shape index (κ1) is 42.2. The summed E-state index contributed by atoms with van der Waals surface area (Å²) < 4.78 is 56.7. The number of aromatic nitrogens is 1. The lowest BCUT2D eigenvalue weighted by molar-refractivity contribution is -0.138. The lowest BCUT2D eigenvalue weighted by Gasteiger charge is -2.39. The number of aromatic amines is 1. The van der Waals surface area contributed by atoms with Crippen molar-refractivity contribution in [3.63, 3.8) is 0 Å². The van der Waals surface area contributed by atoms with Crippen LogP contribution in [0.4, 0.5) is 23.2 Å². The van der Waals surface area contributed by atoms with Gasteiger partial charge in [0.2, 0.25) is 23.6 Å². The smallest absolute Gasteiger partial charge is 0.418 e. The fraction of sp³-hybridized carbons (Fsp3) is 0.390. The molecule has 0 saturated carbocycles. The minimum atomic E-state index is -4.69. The zero-order chi connectivity index (χ0) is 41.8. The van der Waals surface area contributed by atoms with Gasteiger partial charge in [0.15, 0.2) is 0 Å². The van der Waals surface area contributed by atoms with Gasteiger partial charge in [0.1, 0.15) is 34.8 Å². The molecule has 5 rings (SSSR count). The van der Waals surface area contributed by atoms with Gasteiger partial charge in [-0.3, -0.25) is 19.2 Å². The normalized spacial score (nSPS) is 17.4. The van der Waals surface area contributed by atoms with Gasteiger partial charge in [0.05, 0.1) is 17.5 Å². The van der Waals surface area contributed by atoms with Crippen molar-refractivity contribution in [1.29, 1.82) is 0 Å². The minimum absolute atomic E-state index is 0.0184. The van der Waals surface area contributed by atoms with Crippen LogP contribution in [0.2, 0.25) is 0 Å². The molecule has 4 amide bonds. The summed E-state index contributed by atoms with van der Waals surface area (Å²) in [6.07, 6.45) is -4.66. The number of hydrogen-bond acceptors (Lipinski definition) is 6. The van der Waals surface area contributed by atoms with Crippen LogP contribution in [0.15, 0.2) is 60.7 Å². The number of phenols is 1. The first-order chi connectivity index (χ1) is 26.9. The molecule has 0 bridgehead atoms. The van der Waals surface area contributed by atoms with Crippen LogP contribution >= 0.6 is 0 Å². The molecule has 3 aromatic carbocycles. The number of aromatic carboxylic acids is 1. The quantitative estimate of drug-likeness (QED) is 0.0600. The van der Waals surface area contributed by atoms with Crippen molar-refractivity contribution >= 4 is 46.2 Å². The van der Waals surface area contributed by atoms with E-state index in [2.05, 4.69) is 26.3 Å². The average molecular weight is 796 g/mol. The Balaban J connectivity index is 1.52. The van der Waals surface area contributed by atoms with Gasteiger partial charge in [0.25, 0.3) is 0 Å². The number of para-hydroxylation sites is 1. The fourth-order valence-corrected chi connectivity index (χ4v) is 7.11. The number of carboxylic acids is 1. The molecule has 4 unspecified atom stereocenters. The number of halogens is 4. The number of fused-ring (bicyclic) bond motifs is 3. The van der Waals surface area contributed by atoms with Crippen molar-refractivity contribution in [2.45, 2.75) is 90.0 Å². The molecule has 16 heteroatoms. The number of H-pyrrole nitrogens is 1. The third kappa shape index (κ3) is 9.21. The molecule has 57 heavy (non-hydrogen) atoms. The van der Waals surface area contributed by atoms with Gasteiger partial charge in [0, 0.05) is 23.2 Å². The Morgan fingerprint density at radius 3 is 2.19 bits per heavy atom. The van der Waals surface area contributed by atoms with E-state index >= 15 is 0 Å². The second-order valence-corrected chi connectivity index (χ2v) is 14.6. The number of carboxylic acid groups (broad SMARTS) is 1. The summed E-state index contributed by atoms with van der Waals surface area (Å²) in [6, 6.07) is 10.3. The largest absolute Gasteiger partial charge is 0.507 e. The molecule has 0 radical (unpaired) electrons. The molecule has 5 atom stereocenters. The van der Waals surface area contributed by atoms with E-state index in [-0.39, 0.29) is 47.8 Å². The van der Waals surface area contributed by atoms with E-state index in [1.807, 2.05) is 0 Å². The van der Waals surface area contributed by atoms with Crippen molar-refractivity contribution in [2.75, 3.05) is 5.32 Å². The third-order valence-electron chi connectivity index (χ3n) is 10.8. The first-order valence-electron chi connectivity index (χ1n) is 18.6. The van der Waals surface area contributed by atoms with E-state index in [4.69, 9.17) is 0 Å². The molecular weight excluding hydrogens is 750 g/mol. The van der Waals surface area contributed by atoms with Crippen LogP contribution in [0, 0.1) is 17.7 Å². The molecule has 4 aromatic rings. The van der Waals surface area contributed by atoms with Gasteiger partial charge in [-0.1, -0.05) is 70.9 Å². The number of benzene rings is 3. The van der Waals surface area contributed by atoms with Gasteiger partial charge in [-0.25, -0.2) is 9.18 Å². The maximum Gasteiger partial charge on any atom is 0.418 e. The average Bonchev–Trinajstić information content (AvgIpc) is 3.54. The van der Waals surface area contributed by atoms with Gasteiger partial charge in [-0.2, -0.15) is 13.2 Å². The van der Waals surface area contributed by atoms with Gasteiger partial charge in [-0.05, 0) is 66.1 Å². The van der Waals surface area contributed by atoms with E-state index in [1.54, 1.807) is 33.8 Å². The summed E-state index contributed by atoms with van der Waals surface area (Å²) in [7, 11) is 0. The number of rotatable bonds is 14. The molecule has 1 aliphatic carbocycles. The number of carbonyl (C=O) groups excluding carboxylic acids is 4. The molecule has 12 nitrogen and oxygen atoms in total. The maximum atomic E-state index is 14.8. The summed E-state index contributed by atoms with van der Waals surface area (Å²) in [4.78, 5) is 70.6. The van der Waals surface area contributed by atoms with E-state index in [9.17, 15) is 51.7 Å². The summed E-state index contributed by atoms with van der Waals surface area (Å²) >= 11 is 0. The highest BCUT2D eigenvalue weighted by molar-refractivity contribution is 6.02. The Bertz CT molecular complexity index is 2190. The van der Waals surface area contributed by atoms with Crippen molar-refractivity contribution < 1.29 is 51.7 Å². The number of alkyl halides is 3. The Labute approximate surface area is 325 Å². The predicted molar refractivity (Wildman–Crippen MR) is 203 cm³/mol. The molecule has 0 aliphatic heterocycles. The Hall–Kier alpha value is -5.93. The SMILES string of the molecule is CCC(C)C(NC(=O)Cc1ccccc1F)C(=O)N[C@@]1(C(=O)NC(C(=O)Nc2ccc(O)c(C(=O)O)c2)C(C)CC)CCc2[nH]c3c(C(F)(F)F)cccc3c2C1. The summed E-state index contributed by atoms with van der Waals surface area (Å²) in [5, 5.41) is 30.5. The highest BCUT2D eigenvalue weighted by Gasteiger charge is 2.47. The van der Waals surface area contributed by atoms with E-state index in [0.29, 0.717) is 24.1 Å². The summed E-state index contributed by atoms with van der Waals surface area (Å²) in [5.41, 5.74) is -2.49. The number of carbonyl (C=O) groups is 5. The van der Waals surface area contributed by atoms with Gasteiger partial charge >= 0.3 is 12.1 Å². The minimum Gasteiger partial charge on any atom is -0.507 e. The molecule has 0 fully saturated rings. The van der Waals surface area contributed by atoms with Crippen LogP contribution in [-0.4, -0.2) is 62.4 Å². The summed E-state index contributed by atoms with van der Waals surface area (Å²) in [5.74, 6) is -6.57. The van der Waals surface area contributed by atoms with Crippen molar-refractivity contribution in [1.82, 2.24) is 20.9 Å². The van der Waals surface area contributed by atoms with E-state index in [0.717, 1.165) is 18.2 Å². The van der Waals surface area contributed by atoms with Gasteiger partial charge < -0.3 is 36.5 Å². The Kier molecular flexibility index (Phi) is 12.6. The van der Waals surface area contributed by atoms with Crippen LogP contribution < -0.4 is 21.3 Å². The van der Waals surface area contributed by atoms with Crippen molar-refractivity contribution in [3.05, 3.63) is 94.4 Å². The fourth-order valence-electron chi connectivity index (χ4n) is 7.11. The van der Waals surface area contributed by atoms with Crippen LogP contribution in [-0.2, 0) is 44.6 Å². The van der Waals surface area contributed by atoms with Crippen LogP contribution in [0.3, 0.4) is 0 Å². The number of nitrogens with one attached hydrogen (secondary N) is 5. The maximum absolute atomic E-state index is 14.8. The van der Waals surface area contributed by atoms with Crippen LogP contribution in [0.25, 0.3) is 10.9 Å². The molecule has 304 valence electrons. The molecule has 1 aliphatic rings. The number of amides is 4. The monoisotopic (exact) mass is 795 g/mol. The zero-order valence-corrected chi connectivity index (χ0v) is 31.8. The summed E-state index contributed by atoms with van der Waals surface area (Å²) in [6.45, 7) is 6.96. The first-order valence-corrected chi connectivity index (χ1v) is 18.6. The molecule has 0 spiro atoms. The topological polar surface area (TPSA) is 190 Å². The zero-order valence-electron chi connectivity index (χ0n) is 31.8. The standard InChI is InChI=1S/C41H45F4N5O7/c1-5-21(3)33(36(53)46-24-14-15-31(51)26(19-24)38(55)56)49-39(57)40(17-16-30-27(20-40)25-11-9-12-28(35(25)47-30)41(43,44)45)50-37(54)34(22(4)6-2)48-32(52)18-23-10-7-8-13-29(23)42/h7-15,19,21-22,33-34,47,51H,5-6,16-18,20H2,1-4H3,(H,46,53)(H,48,52)(H,49,57)(H,50,54)(H,55,56)/t21?,22?,33?,34?,40-/m0/s1. The molecule has 7 N–H and O–H groups in total. The highest BCUT2D eigenvalue weighted by atomic mass is 19.4. The Morgan fingerprint density at radius 1 is 0.895 bits per heavy atom.